The van der Waals surface area contributed by atoms with Gasteiger partial charge in [0.25, 0.3) is 0 Å². The molecule has 0 saturated heterocycles. The maximum atomic E-state index is 13.1. The molecule has 3 aromatic rings. The van der Waals surface area contributed by atoms with Gasteiger partial charge in [-0.15, -0.1) is 0 Å². The van der Waals surface area contributed by atoms with Gasteiger partial charge in [0.2, 0.25) is 0 Å². The van der Waals surface area contributed by atoms with Gasteiger partial charge in [0, 0.05) is 18.3 Å². The Kier molecular flexibility index (Phi) is 3.39. The van der Waals surface area contributed by atoms with E-state index in [4.69, 9.17) is 5.11 Å². The molecule has 0 bridgehead atoms. The number of carboxylic acids is 1. The van der Waals surface area contributed by atoms with Gasteiger partial charge in [0.15, 0.2) is 0 Å². The summed E-state index contributed by atoms with van der Waals surface area (Å²) >= 11 is 0. The molecule has 2 heterocycles. The molecular weight excluding hydrogens is 271 g/mol. The number of carboxylic acid groups (broad SMARTS) is 1. The van der Waals surface area contributed by atoms with Crippen molar-refractivity contribution in [1.82, 2.24) is 9.38 Å². The van der Waals surface area contributed by atoms with E-state index in [0.29, 0.717) is 0 Å². The minimum absolute atomic E-state index is 0.0751. The highest BCUT2D eigenvalue weighted by Gasteiger charge is 2.21. The van der Waals surface area contributed by atoms with Gasteiger partial charge in [-0.25, -0.2) is 9.37 Å². The van der Waals surface area contributed by atoms with Crippen LogP contribution in [0.15, 0.2) is 54.9 Å². The Morgan fingerprint density at radius 1 is 1.24 bits per heavy atom. The molecule has 0 aliphatic rings. The van der Waals surface area contributed by atoms with Crippen LogP contribution in [0.2, 0.25) is 0 Å². The quantitative estimate of drug-likeness (QED) is 0.801. The molecular formula is C16H13FN2O2. The Hall–Kier alpha value is -2.69. The van der Waals surface area contributed by atoms with Crippen molar-refractivity contribution in [3.8, 4) is 0 Å². The van der Waals surface area contributed by atoms with Crippen LogP contribution < -0.4 is 0 Å². The standard InChI is InChI=1S/C16H13FN2O2/c17-12-6-4-11(5-7-12)13(9-16(20)21)14-10-18-15-3-1-2-8-19(14)15/h1-8,10,13H,9H2,(H,20,21)/t13-/m1/s1. The first-order valence-electron chi connectivity index (χ1n) is 6.54. The first kappa shape index (κ1) is 13.3. The first-order chi connectivity index (χ1) is 10.1. The summed E-state index contributed by atoms with van der Waals surface area (Å²) in [6, 6.07) is 11.5. The molecule has 0 amide bonds. The summed E-state index contributed by atoms with van der Waals surface area (Å²) in [4.78, 5) is 15.5. The summed E-state index contributed by atoms with van der Waals surface area (Å²) in [6.45, 7) is 0. The molecule has 2 aromatic heterocycles. The number of rotatable bonds is 4. The van der Waals surface area contributed by atoms with Crippen LogP contribution in [0.5, 0.6) is 0 Å². The Morgan fingerprint density at radius 3 is 2.71 bits per heavy atom. The number of nitrogens with zero attached hydrogens (tertiary/aromatic N) is 2. The van der Waals surface area contributed by atoms with E-state index in [1.165, 1.54) is 12.1 Å². The van der Waals surface area contributed by atoms with Crippen LogP contribution in [0.25, 0.3) is 5.65 Å². The van der Waals surface area contributed by atoms with Crippen molar-refractivity contribution in [3.63, 3.8) is 0 Å². The number of fused-ring (bicyclic) bond motifs is 1. The number of carbonyl (C=O) groups is 1. The number of benzene rings is 1. The molecule has 0 aliphatic carbocycles. The molecule has 0 fully saturated rings. The molecule has 5 heteroatoms. The van der Waals surface area contributed by atoms with Gasteiger partial charge in [0.1, 0.15) is 11.5 Å². The highest BCUT2D eigenvalue weighted by atomic mass is 19.1. The number of imidazole rings is 1. The van der Waals surface area contributed by atoms with Gasteiger partial charge < -0.3 is 9.51 Å². The molecule has 0 aliphatic heterocycles. The number of hydrogen-bond donors (Lipinski definition) is 1. The maximum Gasteiger partial charge on any atom is 0.304 e. The van der Waals surface area contributed by atoms with E-state index < -0.39 is 5.97 Å². The van der Waals surface area contributed by atoms with Crippen LogP contribution >= 0.6 is 0 Å². The largest absolute Gasteiger partial charge is 0.481 e. The molecule has 0 unspecified atom stereocenters. The van der Waals surface area contributed by atoms with Crippen LogP contribution in [0, 0.1) is 5.82 Å². The second kappa shape index (κ2) is 5.36. The summed E-state index contributed by atoms with van der Waals surface area (Å²) < 4.78 is 14.9. The monoisotopic (exact) mass is 284 g/mol. The van der Waals surface area contributed by atoms with Crippen molar-refractivity contribution >= 4 is 11.6 Å². The van der Waals surface area contributed by atoms with E-state index in [1.54, 1.807) is 18.3 Å². The molecule has 1 aromatic carbocycles. The maximum absolute atomic E-state index is 13.1. The molecule has 0 radical (unpaired) electrons. The lowest BCUT2D eigenvalue weighted by Gasteiger charge is -2.15. The molecule has 4 nitrogen and oxygen atoms in total. The van der Waals surface area contributed by atoms with Crippen molar-refractivity contribution in [2.75, 3.05) is 0 Å². The molecule has 1 N–H and O–H groups in total. The number of hydrogen-bond acceptors (Lipinski definition) is 2. The van der Waals surface area contributed by atoms with Gasteiger partial charge in [-0.2, -0.15) is 0 Å². The third-order valence-electron chi connectivity index (χ3n) is 3.45. The smallest absolute Gasteiger partial charge is 0.304 e. The molecule has 106 valence electrons. The topological polar surface area (TPSA) is 54.6 Å². The summed E-state index contributed by atoms with van der Waals surface area (Å²) in [5.74, 6) is -1.62. The summed E-state index contributed by atoms with van der Waals surface area (Å²) in [7, 11) is 0. The molecule has 1 atom stereocenters. The number of aromatic nitrogens is 2. The molecule has 0 saturated carbocycles. The predicted molar refractivity (Wildman–Crippen MR) is 75.7 cm³/mol. The third kappa shape index (κ3) is 2.63. The first-order valence-corrected chi connectivity index (χ1v) is 6.54. The summed E-state index contributed by atoms with van der Waals surface area (Å²) in [6.07, 6.45) is 3.44. The number of aliphatic carboxylic acids is 1. The van der Waals surface area contributed by atoms with Crippen molar-refractivity contribution < 1.29 is 14.3 Å². The second-order valence-electron chi connectivity index (χ2n) is 4.81. The van der Waals surface area contributed by atoms with E-state index in [-0.39, 0.29) is 18.2 Å². The Bertz CT molecular complexity index is 780. The SMILES string of the molecule is O=C(O)C[C@H](c1ccc(F)cc1)c1cnc2ccccn12. The van der Waals surface area contributed by atoms with Crippen molar-refractivity contribution in [1.29, 1.82) is 0 Å². The van der Waals surface area contributed by atoms with Crippen molar-refractivity contribution in [2.24, 2.45) is 0 Å². The van der Waals surface area contributed by atoms with E-state index in [0.717, 1.165) is 16.9 Å². The lowest BCUT2D eigenvalue weighted by atomic mass is 9.93. The van der Waals surface area contributed by atoms with Crippen LogP contribution in [-0.2, 0) is 4.79 Å². The van der Waals surface area contributed by atoms with E-state index in [2.05, 4.69) is 4.98 Å². The third-order valence-corrected chi connectivity index (χ3v) is 3.45. The fraction of sp³-hybridized carbons (Fsp3) is 0.125. The average molecular weight is 284 g/mol. The Balaban J connectivity index is 2.11. The lowest BCUT2D eigenvalue weighted by Crippen LogP contribution is -2.10. The highest BCUT2D eigenvalue weighted by molar-refractivity contribution is 5.69. The Morgan fingerprint density at radius 2 is 2.00 bits per heavy atom. The van der Waals surface area contributed by atoms with E-state index >= 15 is 0 Å². The number of pyridine rings is 1. The normalized spacial score (nSPS) is 12.4. The van der Waals surface area contributed by atoms with Crippen molar-refractivity contribution in [3.05, 3.63) is 71.9 Å². The molecule has 0 spiro atoms. The van der Waals surface area contributed by atoms with Gasteiger partial charge in [-0.1, -0.05) is 18.2 Å². The van der Waals surface area contributed by atoms with Crippen LogP contribution in [0.1, 0.15) is 23.6 Å². The Labute approximate surface area is 120 Å². The van der Waals surface area contributed by atoms with Gasteiger partial charge in [-0.05, 0) is 29.8 Å². The zero-order chi connectivity index (χ0) is 14.8. The lowest BCUT2D eigenvalue weighted by molar-refractivity contribution is -0.137. The van der Waals surface area contributed by atoms with Crippen LogP contribution in [0.3, 0.4) is 0 Å². The number of halogens is 1. The van der Waals surface area contributed by atoms with Crippen LogP contribution in [0.4, 0.5) is 4.39 Å². The molecule has 21 heavy (non-hydrogen) atoms. The zero-order valence-corrected chi connectivity index (χ0v) is 11.1. The van der Waals surface area contributed by atoms with Crippen molar-refractivity contribution in [2.45, 2.75) is 12.3 Å². The fourth-order valence-electron chi connectivity index (χ4n) is 2.47. The predicted octanol–water partition coefficient (Wildman–Crippen LogP) is 3.08. The molecule has 3 rings (SSSR count). The van der Waals surface area contributed by atoms with E-state index in [1.807, 2.05) is 28.8 Å². The minimum Gasteiger partial charge on any atom is -0.481 e. The van der Waals surface area contributed by atoms with E-state index in [9.17, 15) is 9.18 Å². The summed E-state index contributed by atoms with van der Waals surface area (Å²) in [5, 5.41) is 9.17. The van der Waals surface area contributed by atoms with Gasteiger partial charge >= 0.3 is 5.97 Å². The zero-order valence-electron chi connectivity index (χ0n) is 11.1. The second-order valence-corrected chi connectivity index (χ2v) is 4.81. The average Bonchev–Trinajstić information content (AvgIpc) is 2.89. The summed E-state index contributed by atoms with van der Waals surface area (Å²) in [5.41, 5.74) is 2.29. The fourth-order valence-corrected chi connectivity index (χ4v) is 2.47. The van der Waals surface area contributed by atoms with Gasteiger partial charge in [-0.3, -0.25) is 4.79 Å². The van der Waals surface area contributed by atoms with Gasteiger partial charge in [0.05, 0.1) is 12.1 Å². The van der Waals surface area contributed by atoms with Crippen LogP contribution in [-0.4, -0.2) is 20.5 Å². The highest BCUT2D eigenvalue weighted by Crippen LogP contribution is 2.28. The minimum atomic E-state index is -0.907.